The predicted molar refractivity (Wildman–Crippen MR) is 115 cm³/mol. The molecule has 0 radical (unpaired) electrons. The molecule has 1 saturated heterocycles. The molecule has 0 saturated carbocycles. The molecule has 0 unspecified atom stereocenters. The number of nitrogens with zero attached hydrogens (tertiary/aromatic N) is 1. The Kier molecular flexibility index (Phi) is 5.01. The quantitative estimate of drug-likeness (QED) is 0.647. The Hall–Kier alpha value is -2.92. The molecular formula is C23H22N2O2S. The van der Waals surface area contributed by atoms with Crippen molar-refractivity contribution in [3.05, 3.63) is 69.9 Å². The smallest absolute Gasteiger partial charge is 0.266 e. The number of amides is 2. The lowest BCUT2D eigenvalue weighted by Gasteiger charge is -2.19. The molecule has 2 heterocycles. The fourth-order valence-electron chi connectivity index (χ4n) is 3.57. The number of anilines is 2. The summed E-state index contributed by atoms with van der Waals surface area (Å²) in [6.07, 6.45) is 1.51. The fraction of sp³-hybridized carbons (Fsp3) is 0.217. The maximum Gasteiger partial charge on any atom is 0.266 e. The van der Waals surface area contributed by atoms with E-state index in [4.69, 9.17) is 0 Å². The lowest BCUT2D eigenvalue weighted by Crippen LogP contribution is -2.24. The molecule has 0 bridgehead atoms. The summed E-state index contributed by atoms with van der Waals surface area (Å²) >= 11 is 1.44. The third kappa shape index (κ3) is 3.58. The van der Waals surface area contributed by atoms with Gasteiger partial charge in [0, 0.05) is 29.9 Å². The molecule has 1 aliphatic heterocycles. The minimum Gasteiger partial charge on any atom is -0.321 e. The second-order valence-corrected chi connectivity index (χ2v) is 8.05. The summed E-state index contributed by atoms with van der Waals surface area (Å²) in [4.78, 5) is 27.4. The van der Waals surface area contributed by atoms with Gasteiger partial charge in [-0.25, -0.2) is 0 Å². The predicted octanol–water partition coefficient (Wildman–Crippen LogP) is 5.41. The molecule has 2 aromatic carbocycles. The molecule has 142 valence electrons. The van der Waals surface area contributed by atoms with Crippen molar-refractivity contribution in [3.8, 4) is 11.1 Å². The summed E-state index contributed by atoms with van der Waals surface area (Å²) in [7, 11) is 0. The van der Waals surface area contributed by atoms with Crippen molar-refractivity contribution < 1.29 is 9.59 Å². The highest BCUT2D eigenvalue weighted by atomic mass is 32.1. The average Bonchev–Trinajstić information content (AvgIpc) is 3.32. The van der Waals surface area contributed by atoms with E-state index in [1.54, 1.807) is 0 Å². The zero-order valence-electron chi connectivity index (χ0n) is 16.0. The number of aryl methyl sites for hydroxylation is 2. The van der Waals surface area contributed by atoms with Crippen molar-refractivity contribution in [1.29, 1.82) is 0 Å². The molecule has 1 N–H and O–H groups in total. The van der Waals surface area contributed by atoms with Crippen LogP contribution in [0, 0.1) is 13.8 Å². The van der Waals surface area contributed by atoms with Gasteiger partial charge in [0.1, 0.15) is 0 Å². The zero-order valence-corrected chi connectivity index (χ0v) is 16.8. The first-order chi connectivity index (χ1) is 13.5. The van der Waals surface area contributed by atoms with Gasteiger partial charge in [0.15, 0.2) is 0 Å². The van der Waals surface area contributed by atoms with E-state index in [1.165, 1.54) is 16.9 Å². The largest absolute Gasteiger partial charge is 0.321 e. The lowest BCUT2D eigenvalue weighted by molar-refractivity contribution is -0.117. The Morgan fingerprint density at radius 3 is 2.54 bits per heavy atom. The number of nitrogens with one attached hydrogen (secondary N) is 1. The van der Waals surface area contributed by atoms with Crippen molar-refractivity contribution in [2.24, 2.45) is 0 Å². The summed E-state index contributed by atoms with van der Waals surface area (Å²) in [5.74, 6) is 0.0520. The Bertz CT molecular complexity index is 1040. The summed E-state index contributed by atoms with van der Waals surface area (Å²) in [6.45, 7) is 4.78. The fourth-order valence-corrected chi connectivity index (χ4v) is 4.38. The van der Waals surface area contributed by atoms with E-state index >= 15 is 0 Å². The average molecular weight is 391 g/mol. The summed E-state index contributed by atoms with van der Waals surface area (Å²) in [5, 5.41) is 4.95. The SMILES string of the molecule is Cc1ccc(-c2ccsc2C(=O)Nc2ccc(N3CCCC3=O)c(C)c2)cc1. The maximum absolute atomic E-state index is 12.9. The first-order valence-electron chi connectivity index (χ1n) is 9.40. The van der Waals surface area contributed by atoms with E-state index in [0.29, 0.717) is 11.3 Å². The van der Waals surface area contributed by atoms with Crippen LogP contribution in [0.2, 0.25) is 0 Å². The van der Waals surface area contributed by atoms with Crippen molar-refractivity contribution in [2.45, 2.75) is 26.7 Å². The first-order valence-corrected chi connectivity index (χ1v) is 10.3. The van der Waals surface area contributed by atoms with E-state index in [-0.39, 0.29) is 11.8 Å². The van der Waals surface area contributed by atoms with Crippen molar-refractivity contribution in [1.82, 2.24) is 0 Å². The van der Waals surface area contributed by atoms with E-state index in [1.807, 2.05) is 60.5 Å². The number of hydrogen-bond donors (Lipinski definition) is 1. The summed E-state index contributed by atoms with van der Waals surface area (Å²) in [6, 6.07) is 15.9. The molecule has 0 aliphatic carbocycles. The van der Waals surface area contributed by atoms with Crippen LogP contribution in [-0.2, 0) is 4.79 Å². The van der Waals surface area contributed by atoms with E-state index in [2.05, 4.69) is 17.4 Å². The molecule has 2 amide bonds. The second-order valence-electron chi connectivity index (χ2n) is 7.13. The number of carbonyl (C=O) groups excluding carboxylic acids is 2. The van der Waals surface area contributed by atoms with Gasteiger partial charge in [-0.1, -0.05) is 29.8 Å². The number of carbonyl (C=O) groups is 2. The molecule has 4 nitrogen and oxygen atoms in total. The molecule has 1 aromatic heterocycles. The zero-order chi connectivity index (χ0) is 19.7. The first kappa shape index (κ1) is 18.4. The molecular weight excluding hydrogens is 368 g/mol. The van der Waals surface area contributed by atoms with Crippen LogP contribution in [0.1, 0.15) is 33.6 Å². The topological polar surface area (TPSA) is 49.4 Å². The molecule has 0 spiro atoms. The number of rotatable bonds is 4. The van der Waals surface area contributed by atoms with Gasteiger partial charge in [-0.05, 0) is 61.0 Å². The Labute approximate surface area is 168 Å². The van der Waals surface area contributed by atoms with Gasteiger partial charge in [-0.15, -0.1) is 11.3 Å². The van der Waals surface area contributed by atoms with Crippen molar-refractivity contribution in [3.63, 3.8) is 0 Å². The van der Waals surface area contributed by atoms with Crippen LogP contribution >= 0.6 is 11.3 Å². The van der Waals surface area contributed by atoms with Crippen LogP contribution in [0.3, 0.4) is 0 Å². The molecule has 1 aliphatic rings. The minimum absolute atomic E-state index is 0.116. The molecule has 28 heavy (non-hydrogen) atoms. The molecule has 4 rings (SSSR count). The molecule has 0 atom stereocenters. The van der Waals surface area contributed by atoms with Crippen LogP contribution in [0.5, 0.6) is 0 Å². The summed E-state index contributed by atoms with van der Waals surface area (Å²) in [5.41, 5.74) is 5.82. The van der Waals surface area contributed by atoms with Crippen molar-refractivity contribution in [2.75, 3.05) is 16.8 Å². The van der Waals surface area contributed by atoms with Gasteiger partial charge in [0.25, 0.3) is 5.91 Å². The Morgan fingerprint density at radius 1 is 1.07 bits per heavy atom. The number of thiophene rings is 1. The highest BCUT2D eigenvalue weighted by Gasteiger charge is 2.23. The lowest BCUT2D eigenvalue weighted by atomic mass is 10.0. The normalized spacial score (nSPS) is 13.8. The number of hydrogen-bond acceptors (Lipinski definition) is 3. The van der Waals surface area contributed by atoms with E-state index < -0.39 is 0 Å². The van der Waals surface area contributed by atoms with Crippen molar-refractivity contribution >= 4 is 34.5 Å². The van der Waals surface area contributed by atoms with E-state index in [9.17, 15) is 9.59 Å². The standard InChI is InChI=1S/C23H22N2O2S/c1-15-5-7-17(8-6-15)19-11-13-28-22(19)23(27)24-18-9-10-20(16(2)14-18)25-12-3-4-21(25)26/h5-11,13-14H,3-4,12H2,1-2H3,(H,24,27). The van der Waals surface area contributed by atoms with Gasteiger partial charge in [-0.2, -0.15) is 0 Å². The minimum atomic E-state index is -0.116. The van der Waals surface area contributed by atoms with Crippen LogP contribution < -0.4 is 10.2 Å². The van der Waals surface area contributed by atoms with Gasteiger partial charge >= 0.3 is 0 Å². The second kappa shape index (κ2) is 7.60. The molecule has 3 aromatic rings. The monoisotopic (exact) mass is 390 g/mol. The maximum atomic E-state index is 12.9. The molecule has 5 heteroatoms. The van der Waals surface area contributed by atoms with Crippen LogP contribution in [-0.4, -0.2) is 18.4 Å². The highest BCUT2D eigenvalue weighted by molar-refractivity contribution is 7.12. The van der Waals surface area contributed by atoms with E-state index in [0.717, 1.165) is 41.0 Å². The van der Waals surface area contributed by atoms with Gasteiger partial charge in [0.2, 0.25) is 5.91 Å². The third-order valence-corrected chi connectivity index (χ3v) is 5.97. The van der Waals surface area contributed by atoms with Crippen LogP contribution in [0.25, 0.3) is 11.1 Å². The number of benzene rings is 2. The van der Waals surface area contributed by atoms with Gasteiger partial charge in [0.05, 0.1) is 4.88 Å². The Balaban J connectivity index is 1.55. The summed E-state index contributed by atoms with van der Waals surface area (Å²) < 4.78 is 0. The molecule has 1 fully saturated rings. The third-order valence-electron chi connectivity index (χ3n) is 5.05. The van der Waals surface area contributed by atoms with Crippen LogP contribution in [0.15, 0.2) is 53.9 Å². The van der Waals surface area contributed by atoms with Gasteiger partial charge < -0.3 is 10.2 Å². The Morgan fingerprint density at radius 2 is 1.86 bits per heavy atom. The van der Waals surface area contributed by atoms with Crippen LogP contribution in [0.4, 0.5) is 11.4 Å². The highest BCUT2D eigenvalue weighted by Crippen LogP contribution is 2.31. The van der Waals surface area contributed by atoms with Gasteiger partial charge in [-0.3, -0.25) is 9.59 Å².